The number of nitrogens with zero attached hydrogens (tertiary/aromatic N) is 3. The molecule has 1 spiro atoms. The van der Waals surface area contributed by atoms with Gasteiger partial charge in [-0.05, 0) is 81.1 Å². The highest BCUT2D eigenvalue weighted by molar-refractivity contribution is 6.21. The van der Waals surface area contributed by atoms with E-state index in [-0.39, 0.29) is 0 Å². The van der Waals surface area contributed by atoms with Gasteiger partial charge >= 0.3 is 0 Å². The Morgan fingerprint density at radius 1 is 1.21 bits per heavy atom. The van der Waals surface area contributed by atoms with Crippen LogP contribution in [0.4, 0.5) is 0 Å². The highest BCUT2D eigenvalue weighted by atomic mass is 15.1. The van der Waals surface area contributed by atoms with Crippen molar-refractivity contribution in [1.29, 1.82) is 5.41 Å². The first kappa shape index (κ1) is 23.3. The molecule has 6 nitrogen and oxygen atoms in total. The molecule has 1 atom stereocenters. The monoisotopic (exact) mass is 400 g/mol. The molecule has 0 amide bonds. The third-order valence-corrected chi connectivity index (χ3v) is 6.28. The van der Waals surface area contributed by atoms with Gasteiger partial charge in [-0.15, -0.1) is 0 Å². The first-order chi connectivity index (χ1) is 13.6. The van der Waals surface area contributed by atoms with Gasteiger partial charge in [0.1, 0.15) is 5.84 Å². The smallest absolute Gasteiger partial charge is 0.118 e. The molecule has 0 bridgehead atoms. The van der Waals surface area contributed by atoms with Crippen LogP contribution in [0.2, 0.25) is 0 Å². The first-order valence-corrected chi connectivity index (χ1v) is 10.7. The highest BCUT2D eigenvalue weighted by Crippen LogP contribution is 2.59. The molecule has 5 N–H and O–H groups in total. The van der Waals surface area contributed by atoms with Crippen molar-refractivity contribution in [1.82, 2.24) is 4.90 Å². The molecule has 162 valence electrons. The molecule has 2 rings (SSSR count). The summed E-state index contributed by atoms with van der Waals surface area (Å²) in [7, 11) is 1.66. The van der Waals surface area contributed by atoms with Crippen LogP contribution in [0.3, 0.4) is 0 Å². The van der Waals surface area contributed by atoms with E-state index in [0.717, 1.165) is 6.54 Å². The van der Waals surface area contributed by atoms with Gasteiger partial charge in [0.2, 0.25) is 0 Å². The molecule has 2 aliphatic rings. The second-order valence-electron chi connectivity index (χ2n) is 9.91. The summed E-state index contributed by atoms with van der Waals surface area (Å²) in [6, 6.07) is 0. The number of allylic oxidation sites excluding steroid dienone is 3. The third-order valence-electron chi connectivity index (χ3n) is 6.28. The Morgan fingerprint density at radius 2 is 1.86 bits per heavy atom. The standard InChI is InChI=1S/C23H40N6/c1-17(24)19(16-27-5)20(25)6-7-21(26)28-15-18-14-23(18)9-12-29(13-10-23)11-8-22(2,3)4/h6-7,16,18,25H,8-15,24H2,1-5H3,(H2,26,28)/b7-6-,19-17?,25-20?,27-16?. The highest BCUT2D eigenvalue weighted by Gasteiger charge is 2.54. The topological polar surface area (TPSA) is 104 Å². The quantitative estimate of drug-likeness (QED) is 0.430. The van der Waals surface area contributed by atoms with Gasteiger partial charge in [0.25, 0.3) is 0 Å². The van der Waals surface area contributed by atoms with E-state index in [1.54, 1.807) is 32.3 Å². The van der Waals surface area contributed by atoms with Gasteiger partial charge in [-0.1, -0.05) is 20.8 Å². The lowest BCUT2D eigenvalue weighted by Crippen LogP contribution is -2.37. The van der Waals surface area contributed by atoms with Crippen molar-refractivity contribution >= 4 is 17.8 Å². The van der Waals surface area contributed by atoms with Gasteiger partial charge in [-0.3, -0.25) is 9.98 Å². The summed E-state index contributed by atoms with van der Waals surface area (Å²) < 4.78 is 0. The van der Waals surface area contributed by atoms with E-state index in [9.17, 15) is 0 Å². The van der Waals surface area contributed by atoms with Crippen molar-refractivity contribution in [2.75, 3.05) is 33.2 Å². The van der Waals surface area contributed by atoms with Gasteiger partial charge in [0.15, 0.2) is 0 Å². The molecule has 0 aromatic heterocycles. The Labute approximate surface area is 176 Å². The Kier molecular flexibility index (Phi) is 7.80. The molecule has 0 aromatic rings. The summed E-state index contributed by atoms with van der Waals surface area (Å²) >= 11 is 0. The van der Waals surface area contributed by atoms with Gasteiger partial charge in [0.05, 0.1) is 5.71 Å². The SMILES string of the molecule is CN=CC(C(=N)/C=C\C(N)=NCC1CC12CCN(CCC(C)(C)C)CC2)=C(C)N. The fourth-order valence-electron chi connectivity index (χ4n) is 4.06. The van der Waals surface area contributed by atoms with E-state index in [0.29, 0.717) is 39.6 Å². The first-order valence-electron chi connectivity index (χ1n) is 10.7. The number of amidine groups is 1. The molecule has 1 saturated carbocycles. The van der Waals surface area contributed by atoms with E-state index in [4.69, 9.17) is 16.9 Å². The van der Waals surface area contributed by atoms with E-state index in [1.165, 1.54) is 45.3 Å². The molecule has 1 aliphatic carbocycles. The van der Waals surface area contributed by atoms with Crippen LogP contribution in [0.1, 0.15) is 53.4 Å². The van der Waals surface area contributed by atoms with Crippen LogP contribution >= 0.6 is 0 Å². The van der Waals surface area contributed by atoms with Crippen molar-refractivity contribution in [2.24, 2.45) is 38.2 Å². The summed E-state index contributed by atoms with van der Waals surface area (Å²) in [4.78, 5) is 11.1. The van der Waals surface area contributed by atoms with Crippen LogP contribution < -0.4 is 11.5 Å². The molecule has 1 unspecified atom stereocenters. The Bertz CT molecular complexity index is 695. The summed E-state index contributed by atoms with van der Waals surface area (Å²) in [5.74, 6) is 1.13. The van der Waals surface area contributed by atoms with Crippen molar-refractivity contribution in [3.63, 3.8) is 0 Å². The van der Waals surface area contributed by atoms with Crippen molar-refractivity contribution < 1.29 is 0 Å². The number of aliphatic imine (C=N–C) groups is 2. The molecule has 0 radical (unpaired) electrons. The molecule has 2 fully saturated rings. The van der Waals surface area contributed by atoms with E-state index in [2.05, 4.69) is 35.7 Å². The zero-order valence-corrected chi connectivity index (χ0v) is 19.0. The Hall–Kier alpha value is -1.95. The average molecular weight is 401 g/mol. The summed E-state index contributed by atoms with van der Waals surface area (Å²) in [6.07, 6.45) is 10.0. The van der Waals surface area contributed by atoms with Crippen LogP contribution in [0.5, 0.6) is 0 Å². The second kappa shape index (κ2) is 9.70. The maximum Gasteiger partial charge on any atom is 0.118 e. The second-order valence-corrected chi connectivity index (χ2v) is 9.91. The molecular formula is C23H40N6. The zero-order valence-electron chi connectivity index (χ0n) is 19.0. The lowest BCUT2D eigenvalue weighted by Gasteiger charge is -2.34. The minimum absolute atomic E-state index is 0.291. The predicted octanol–water partition coefficient (Wildman–Crippen LogP) is 3.39. The number of piperidine rings is 1. The minimum atomic E-state index is 0.291. The predicted molar refractivity (Wildman–Crippen MR) is 125 cm³/mol. The third kappa shape index (κ3) is 7.11. The van der Waals surface area contributed by atoms with Crippen LogP contribution in [0.15, 0.2) is 33.4 Å². The summed E-state index contributed by atoms with van der Waals surface area (Å²) in [6.45, 7) is 13.2. The van der Waals surface area contributed by atoms with E-state index >= 15 is 0 Å². The maximum atomic E-state index is 8.12. The maximum absolute atomic E-state index is 8.12. The number of likely N-dealkylation sites (tertiary alicyclic amines) is 1. The minimum Gasteiger partial charge on any atom is -0.402 e. The molecular weight excluding hydrogens is 360 g/mol. The summed E-state index contributed by atoms with van der Waals surface area (Å²) in [5.41, 5.74) is 14.2. The fraction of sp³-hybridized carbons (Fsp3) is 0.696. The van der Waals surface area contributed by atoms with E-state index < -0.39 is 0 Å². The van der Waals surface area contributed by atoms with Gasteiger partial charge < -0.3 is 21.8 Å². The number of rotatable bonds is 8. The molecule has 29 heavy (non-hydrogen) atoms. The number of hydrogen-bond acceptors (Lipinski definition) is 5. The molecule has 1 aliphatic heterocycles. The summed E-state index contributed by atoms with van der Waals surface area (Å²) in [5, 5.41) is 8.12. The van der Waals surface area contributed by atoms with Crippen molar-refractivity contribution in [2.45, 2.75) is 53.4 Å². The largest absolute Gasteiger partial charge is 0.402 e. The van der Waals surface area contributed by atoms with Gasteiger partial charge in [0, 0.05) is 31.1 Å². The molecule has 1 saturated heterocycles. The normalized spacial score (nSPS) is 23.8. The Morgan fingerprint density at radius 3 is 2.41 bits per heavy atom. The molecule has 6 heteroatoms. The number of nitrogens with one attached hydrogen (secondary N) is 1. The average Bonchev–Trinajstić information content (AvgIpc) is 3.33. The van der Waals surface area contributed by atoms with Crippen LogP contribution in [-0.4, -0.2) is 55.9 Å². The van der Waals surface area contributed by atoms with Gasteiger partial charge in [-0.25, -0.2) is 0 Å². The fourth-order valence-corrected chi connectivity index (χ4v) is 4.06. The number of nitrogens with two attached hydrogens (primary N) is 2. The van der Waals surface area contributed by atoms with Crippen LogP contribution in [0, 0.1) is 22.2 Å². The lowest BCUT2D eigenvalue weighted by atomic mass is 9.88. The van der Waals surface area contributed by atoms with Crippen molar-refractivity contribution in [3.05, 3.63) is 23.4 Å². The van der Waals surface area contributed by atoms with Crippen molar-refractivity contribution in [3.8, 4) is 0 Å². The number of hydrogen-bond donors (Lipinski definition) is 3. The molecule has 0 aromatic carbocycles. The zero-order chi connectivity index (χ0) is 21.7. The van der Waals surface area contributed by atoms with Gasteiger partial charge in [-0.2, -0.15) is 0 Å². The van der Waals surface area contributed by atoms with Crippen LogP contribution in [0.25, 0.3) is 0 Å². The van der Waals surface area contributed by atoms with Crippen LogP contribution in [-0.2, 0) is 0 Å². The van der Waals surface area contributed by atoms with E-state index in [1.807, 2.05) is 0 Å². The Balaban J connectivity index is 1.79. The lowest BCUT2D eigenvalue weighted by molar-refractivity contribution is 0.146. The molecule has 1 heterocycles.